The van der Waals surface area contributed by atoms with Crippen molar-refractivity contribution in [1.82, 2.24) is 9.88 Å². The van der Waals surface area contributed by atoms with Crippen LogP contribution < -0.4 is 31.8 Å². The number of guanidine groups is 1. The maximum atomic E-state index is 13.4. The third-order valence-corrected chi connectivity index (χ3v) is 6.16. The van der Waals surface area contributed by atoms with Gasteiger partial charge >= 0.3 is 12.1 Å². The summed E-state index contributed by atoms with van der Waals surface area (Å²) in [4.78, 5) is 42.1. The number of hydrogen-bond donors (Lipinski definition) is 4. The molecule has 0 saturated carbocycles. The average molecular weight is 577 g/mol. The SMILES string of the molecule is CCCc1cc(OC(=O)C(F)(F)F)c(NS(=O)(=O)c2cccc(C)c2)c(=O)n1CC(=O)NC(C)ON=C(N)N. The predicted octanol–water partition coefficient (Wildman–Crippen LogP) is 1.04. The third kappa shape index (κ3) is 8.62. The number of nitrogens with one attached hydrogen (secondary N) is 2. The highest BCUT2D eigenvalue weighted by atomic mass is 32.2. The van der Waals surface area contributed by atoms with E-state index >= 15 is 0 Å². The number of anilines is 1. The molecule has 39 heavy (non-hydrogen) atoms. The van der Waals surface area contributed by atoms with Crippen LogP contribution in [0.3, 0.4) is 0 Å². The molecule has 0 bridgehead atoms. The molecule has 1 heterocycles. The summed E-state index contributed by atoms with van der Waals surface area (Å²) in [5.41, 5.74) is 8.56. The summed E-state index contributed by atoms with van der Waals surface area (Å²) in [6, 6.07) is 6.33. The standard InChI is InChI=1S/C22H27F3N6O7S/c1-4-6-14-10-16(37-20(34)22(23,24)25)18(30-39(35,36)15-8-5-7-12(2)9-15)19(33)31(14)11-17(32)28-13(3)38-29-21(26)27/h5,7-10,13,30H,4,6,11H2,1-3H3,(H,28,32)(H4,26,27,29). The molecule has 1 atom stereocenters. The molecule has 1 aromatic heterocycles. The minimum atomic E-state index is -5.45. The number of hydrogen-bond acceptors (Lipinski definition) is 8. The Morgan fingerprint density at radius 3 is 2.44 bits per heavy atom. The Hall–Kier alpha value is -4.28. The van der Waals surface area contributed by atoms with Crippen LogP contribution in [0.15, 0.2) is 45.2 Å². The molecule has 13 nitrogen and oxygen atoms in total. The quantitative estimate of drug-likeness (QED) is 0.0993. The molecule has 17 heteroatoms. The normalized spacial score (nSPS) is 12.3. The van der Waals surface area contributed by atoms with Gasteiger partial charge in [-0.2, -0.15) is 13.2 Å². The van der Waals surface area contributed by atoms with E-state index in [9.17, 15) is 36.0 Å². The zero-order valence-corrected chi connectivity index (χ0v) is 21.9. The smallest absolute Gasteiger partial charge is 0.417 e. The number of aryl methyl sites for hydroxylation is 2. The number of ether oxygens (including phenoxy) is 1. The Labute approximate surface area is 221 Å². The van der Waals surface area contributed by atoms with Crippen LogP contribution in [0, 0.1) is 6.92 Å². The number of pyridine rings is 1. The van der Waals surface area contributed by atoms with Crippen LogP contribution in [-0.2, 0) is 37.4 Å². The number of benzene rings is 1. The molecule has 0 aliphatic carbocycles. The summed E-state index contributed by atoms with van der Waals surface area (Å²) in [5.74, 6) is -4.91. The van der Waals surface area contributed by atoms with Gasteiger partial charge in [0.25, 0.3) is 15.6 Å². The highest BCUT2D eigenvalue weighted by molar-refractivity contribution is 7.92. The molecular weight excluding hydrogens is 549 g/mol. The molecule has 0 fully saturated rings. The fraction of sp³-hybridized carbons (Fsp3) is 0.364. The number of carbonyl (C=O) groups is 2. The minimum Gasteiger partial charge on any atom is -0.417 e. The van der Waals surface area contributed by atoms with Gasteiger partial charge in [-0.1, -0.05) is 25.5 Å². The van der Waals surface area contributed by atoms with Gasteiger partial charge in [0.1, 0.15) is 6.54 Å². The third-order valence-electron chi connectivity index (χ3n) is 4.81. The Kier molecular flexibility index (Phi) is 9.92. The number of oxime groups is 1. The molecule has 0 saturated heterocycles. The number of nitrogens with zero attached hydrogens (tertiary/aromatic N) is 2. The van der Waals surface area contributed by atoms with E-state index in [2.05, 4.69) is 15.2 Å². The zero-order chi connectivity index (χ0) is 29.5. The molecule has 2 rings (SSSR count). The predicted molar refractivity (Wildman–Crippen MR) is 133 cm³/mol. The number of alkyl halides is 3. The number of aromatic nitrogens is 1. The van der Waals surface area contributed by atoms with E-state index < -0.39 is 63.8 Å². The summed E-state index contributed by atoms with van der Waals surface area (Å²) >= 11 is 0. The van der Waals surface area contributed by atoms with E-state index in [0.29, 0.717) is 12.0 Å². The second-order valence-corrected chi connectivity index (χ2v) is 9.84. The summed E-state index contributed by atoms with van der Waals surface area (Å²) in [6.07, 6.45) is -6.11. The van der Waals surface area contributed by atoms with Gasteiger partial charge in [-0.15, -0.1) is 0 Å². The van der Waals surface area contributed by atoms with Crippen molar-refractivity contribution in [2.24, 2.45) is 16.6 Å². The van der Waals surface area contributed by atoms with Crippen molar-refractivity contribution in [3.05, 3.63) is 51.9 Å². The maximum absolute atomic E-state index is 13.4. The van der Waals surface area contributed by atoms with E-state index in [1.807, 2.05) is 4.72 Å². The van der Waals surface area contributed by atoms with Crippen LogP contribution in [0.5, 0.6) is 5.75 Å². The lowest BCUT2D eigenvalue weighted by atomic mass is 10.2. The molecule has 214 valence electrons. The highest BCUT2D eigenvalue weighted by Crippen LogP contribution is 2.28. The van der Waals surface area contributed by atoms with Crippen molar-refractivity contribution in [2.45, 2.75) is 57.5 Å². The topological polar surface area (TPSA) is 197 Å². The Balaban J connectivity index is 2.62. The molecule has 1 unspecified atom stereocenters. The first-order chi connectivity index (χ1) is 18.0. The van der Waals surface area contributed by atoms with E-state index in [-0.39, 0.29) is 17.0 Å². The van der Waals surface area contributed by atoms with Crippen LogP contribution in [0.1, 0.15) is 31.5 Å². The Morgan fingerprint density at radius 2 is 1.87 bits per heavy atom. The molecule has 0 aliphatic heterocycles. The maximum Gasteiger partial charge on any atom is 0.491 e. The number of amides is 1. The van der Waals surface area contributed by atoms with Gasteiger partial charge in [-0.3, -0.25) is 14.3 Å². The molecule has 6 N–H and O–H groups in total. The fourth-order valence-electron chi connectivity index (χ4n) is 3.20. The van der Waals surface area contributed by atoms with Crippen molar-refractivity contribution in [3.8, 4) is 5.75 Å². The van der Waals surface area contributed by atoms with Crippen LogP contribution >= 0.6 is 0 Å². The second-order valence-electron chi connectivity index (χ2n) is 8.16. The first-order valence-electron chi connectivity index (χ1n) is 11.2. The number of sulfonamides is 1. The molecule has 1 aromatic carbocycles. The average Bonchev–Trinajstić information content (AvgIpc) is 2.82. The van der Waals surface area contributed by atoms with Gasteiger partial charge in [-0.05, 0) is 43.1 Å². The van der Waals surface area contributed by atoms with E-state index in [1.165, 1.54) is 25.1 Å². The van der Waals surface area contributed by atoms with Crippen molar-refractivity contribution in [2.75, 3.05) is 4.72 Å². The largest absolute Gasteiger partial charge is 0.491 e. The summed E-state index contributed by atoms with van der Waals surface area (Å²) in [7, 11) is -4.55. The molecule has 2 aromatic rings. The van der Waals surface area contributed by atoms with Gasteiger partial charge in [0.2, 0.25) is 11.9 Å². The van der Waals surface area contributed by atoms with Crippen LogP contribution in [0.2, 0.25) is 0 Å². The van der Waals surface area contributed by atoms with Crippen molar-refractivity contribution in [3.63, 3.8) is 0 Å². The Morgan fingerprint density at radius 1 is 1.21 bits per heavy atom. The first-order valence-corrected chi connectivity index (χ1v) is 12.7. The highest BCUT2D eigenvalue weighted by Gasteiger charge is 2.42. The molecule has 0 aliphatic rings. The summed E-state index contributed by atoms with van der Waals surface area (Å²) in [6.45, 7) is 3.92. The van der Waals surface area contributed by atoms with Crippen molar-refractivity contribution < 1.29 is 40.8 Å². The number of rotatable bonds is 11. The van der Waals surface area contributed by atoms with E-state index in [0.717, 1.165) is 10.6 Å². The van der Waals surface area contributed by atoms with E-state index in [1.54, 1.807) is 19.9 Å². The van der Waals surface area contributed by atoms with Crippen LogP contribution in [0.4, 0.5) is 18.9 Å². The molecule has 0 radical (unpaired) electrons. The van der Waals surface area contributed by atoms with Gasteiger partial charge in [0, 0.05) is 11.8 Å². The van der Waals surface area contributed by atoms with Gasteiger partial charge in [-0.25, -0.2) is 13.2 Å². The molecule has 0 spiro atoms. The number of halogens is 3. The van der Waals surface area contributed by atoms with E-state index in [4.69, 9.17) is 16.3 Å². The summed E-state index contributed by atoms with van der Waals surface area (Å²) in [5, 5.41) is 5.60. The molecular formula is C22H27F3N6O7S. The van der Waals surface area contributed by atoms with Gasteiger partial charge in [0.05, 0.1) is 4.90 Å². The lowest BCUT2D eigenvalue weighted by molar-refractivity contribution is -0.189. The summed E-state index contributed by atoms with van der Waals surface area (Å²) < 4.78 is 72.0. The zero-order valence-electron chi connectivity index (χ0n) is 21.0. The lowest BCUT2D eigenvalue weighted by Crippen LogP contribution is -2.40. The second kappa shape index (κ2) is 12.5. The van der Waals surface area contributed by atoms with Gasteiger partial charge < -0.3 is 30.9 Å². The van der Waals surface area contributed by atoms with Crippen LogP contribution in [0.25, 0.3) is 0 Å². The fourth-order valence-corrected chi connectivity index (χ4v) is 4.37. The van der Waals surface area contributed by atoms with Crippen LogP contribution in [-0.4, -0.2) is 43.2 Å². The Bertz CT molecular complexity index is 1420. The number of esters is 1. The van der Waals surface area contributed by atoms with Crippen molar-refractivity contribution in [1.29, 1.82) is 0 Å². The van der Waals surface area contributed by atoms with Gasteiger partial charge in [0.15, 0.2) is 17.7 Å². The number of carbonyl (C=O) groups excluding carboxylic acids is 2. The molecule has 1 amide bonds. The lowest BCUT2D eigenvalue weighted by Gasteiger charge is -2.19. The monoisotopic (exact) mass is 576 g/mol. The minimum absolute atomic E-state index is 0.0149. The first kappa shape index (κ1) is 30.9. The van der Waals surface area contributed by atoms with Crippen molar-refractivity contribution >= 4 is 33.5 Å². The number of nitrogens with two attached hydrogens (primary N) is 2.